The van der Waals surface area contributed by atoms with Crippen molar-refractivity contribution in [2.24, 2.45) is 5.92 Å². The minimum absolute atomic E-state index is 0.596. The van der Waals surface area contributed by atoms with E-state index >= 15 is 0 Å². The van der Waals surface area contributed by atoms with Crippen molar-refractivity contribution in [3.8, 4) is 11.8 Å². The first kappa shape index (κ1) is 11.6. The fraction of sp³-hybridized carbons (Fsp3) is 0.833. The van der Waals surface area contributed by atoms with Crippen LogP contribution in [0, 0.1) is 17.8 Å². The molecule has 0 radical (unpaired) electrons. The Balaban J connectivity index is 2.27. The van der Waals surface area contributed by atoms with Crippen LogP contribution in [0.25, 0.3) is 0 Å². The monoisotopic (exact) mass is 194 g/mol. The number of hydrogen-bond acceptors (Lipinski definition) is 2. The SMILES string of the molecule is CC#CCNC(C)C1CCCN(C)C1. The molecule has 2 unspecified atom stereocenters. The van der Waals surface area contributed by atoms with Crippen molar-refractivity contribution in [2.75, 3.05) is 26.7 Å². The lowest BCUT2D eigenvalue weighted by Gasteiger charge is -2.33. The summed E-state index contributed by atoms with van der Waals surface area (Å²) < 4.78 is 0. The first-order valence-corrected chi connectivity index (χ1v) is 5.55. The number of nitrogens with zero attached hydrogens (tertiary/aromatic N) is 1. The van der Waals surface area contributed by atoms with Crippen molar-refractivity contribution >= 4 is 0 Å². The number of likely N-dealkylation sites (tertiary alicyclic amines) is 1. The van der Waals surface area contributed by atoms with Crippen LogP contribution in [0.5, 0.6) is 0 Å². The summed E-state index contributed by atoms with van der Waals surface area (Å²) in [7, 11) is 2.21. The lowest BCUT2D eigenvalue weighted by molar-refractivity contribution is 0.181. The molecule has 14 heavy (non-hydrogen) atoms. The van der Waals surface area contributed by atoms with E-state index in [9.17, 15) is 0 Å². The van der Waals surface area contributed by atoms with Gasteiger partial charge in [-0.1, -0.05) is 5.92 Å². The average Bonchev–Trinajstić information content (AvgIpc) is 2.18. The molecule has 0 spiro atoms. The minimum Gasteiger partial charge on any atom is -0.306 e. The topological polar surface area (TPSA) is 15.3 Å². The second-order valence-electron chi connectivity index (χ2n) is 4.26. The zero-order valence-electron chi connectivity index (χ0n) is 9.64. The molecule has 2 heteroatoms. The van der Waals surface area contributed by atoms with Crippen LogP contribution in [0.2, 0.25) is 0 Å². The Bertz CT molecular complexity index is 214. The lowest BCUT2D eigenvalue weighted by Crippen LogP contribution is -2.43. The highest BCUT2D eigenvalue weighted by atomic mass is 15.1. The van der Waals surface area contributed by atoms with E-state index in [0.717, 1.165) is 12.5 Å². The molecule has 0 saturated carbocycles. The van der Waals surface area contributed by atoms with Gasteiger partial charge in [-0.2, -0.15) is 0 Å². The van der Waals surface area contributed by atoms with Crippen LogP contribution < -0.4 is 5.32 Å². The maximum Gasteiger partial charge on any atom is 0.0578 e. The van der Waals surface area contributed by atoms with Gasteiger partial charge in [0.2, 0.25) is 0 Å². The molecule has 0 aliphatic carbocycles. The maximum absolute atomic E-state index is 3.47. The Hall–Kier alpha value is -0.520. The van der Waals surface area contributed by atoms with Gasteiger partial charge in [0.15, 0.2) is 0 Å². The van der Waals surface area contributed by atoms with Gasteiger partial charge >= 0.3 is 0 Å². The highest BCUT2D eigenvalue weighted by Gasteiger charge is 2.21. The van der Waals surface area contributed by atoms with Crippen molar-refractivity contribution < 1.29 is 0 Å². The summed E-state index contributed by atoms with van der Waals surface area (Å²) in [4.78, 5) is 2.43. The third kappa shape index (κ3) is 3.69. The Morgan fingerprint density at radius 1 is 1.57 bits per heavy atom. The third-order valence-corrected chi connectivity index (χ3v) is 3.06. The van der Waals surface area contributed by atoms with Crippen LogP contribution in [0.3, 0.4) is 0 Å². The van der Waals surface area contributed by atoms with Gasteiger partial charge in [0, 0.05) is 12.6 Å². The largest absolute Gasteiger partial charge is 0.306 e. The van der Waals surface area contributed by atoms with Gasteiger partial charge in [-0.25, -0.2) is 0 Å². The third-order valence-electron chi connectivity index (χ3n) is 3.06. The summed E-state index contributed by atoms with van der Waals surface area (Å²) >= 11 is 0. The fourth-order valence-corrected chi connectivity index (χ4v) is 2.08. The number of hydrogen-bond donors (Lipinski definition) is 1. The normalized spacial score (nSPS) is 25.2. The summed E-state index contributed by atoms with van der Waals surface area (Å²) in [5.74, 6) is 6.77. The van der Waals surface area contributed by atoms with Gasteiger partial charge in [0.05, 0.1) is 6.54 Å². The van der Waals surface area contributed by atoms with Crippen molar-refractivity contribution in [2.45, 2.75) is 32.7 Å². The summed E-state index contributed by atoms with van der Waals surface area (Å²) in [5, 5.41) is 3.47. The zero-order chi connectivity index (χ0) is 10.4. The standard InChI is InChI=1S/C12H22N2/c1-4-5-8-13-11(2)12-7-6-9-14(3)10-12/h11-13H,6-10H2,1-3H3. The molecule has 2 nitrogen and oxygen atoms in total. The van der Waals surface area contributed by atoms with Crippen LogP contribution in [0.15, 0.2) is 0 Å². The van der Waals surface area contributed by atoms with Crippen molar-refractivity contribution in [1.82, 2.24) is 10.2 Å². The average molecular weight is 194 g/mol. The molecule has 0 bridgehead atoms. The van der Waals surface area contributed by atoms with Crippen LogP contribution in [0.1, 0.15) is 26.7 Å². The van der Waals surface area contributed by atoms with E-state index in [4.69, 9.17) is 0 Å². The molecule has 0 aromatic rings. The van der Waals surface area contributed by atoms with Crippen molar-refractivity contribution in [3.05, 3.63) is 0 Å². The van der Waals surface area contributed by atoms with Crippen LogP contribution in [-0.2, 0) is 0 Å². The molecule has 80 valence electrons. The molecule has 0 aromatic carbocycles. The van der Waals surface area contributed by atoms with E-state index in [1.54, 1.807) is 0 Å². The van der Waals surface area contributed by atoms with E-state index in [2.05, 4.69) is 36.0 Å². The molecule has 1 rings (SSSR count). The van der Waals surface area contributed by atoms with Crippen LogP contribution in [0.4, 0.5) is 0 Å². The lowest BCUT2D eigenvalue weighted by atomic mass is 9.92. The minimum atomic E-state index is 0.596. The van der Waals surface area contributed by atoms with E-state index in [0.29, 0.717) is 6.04 Å². The van der Waals surface area contributed by atoms with Gasteiger partial charge in [0.25, 0.3) is 0 Å². The van der Waals surface area contributed by atoms with Crippen LogP contribution in [-0.4, -0.2) is 37.6 Å². The Labute approximate surface area is 88.1 Å². The molecule has 1 heterocycles. The number of rotatable bonds is 3. The van der Waals surface area contributed by atoms with Gasteiger partial charge in [-0.3, -0.25) is 0 Å². The summed E-state index contributed by atoms with van der Waals surface area (Å²) in [5.41, 5.74) is 0. The van der Waals surface area contributed by atoms with Crippen molar-refractivity contribution in [3.63, 3.8) is 0 Å². The van der Waals surface area contributed by atoms with Crippen LogP contribution >= 0.6 is 0 Å². The molecule has 1 aliphatic heterocycles. The van der Waals surface area contributed by atoms with Gasteiger partial charge in [-0.05, 0) is 46.2 Å². The molecular weight excluding hydrogens is 172 g/mol. The fourth-order valence-electron chi connectivity index (χ4n) is 2.08. The second-order valence-corrected chi connectivity index (χ2v) is 4.26. The van der Waals surface area contributed by atoms with E-state index < -0.39 is 0 Å². The van der Waals surface area contributed by atoms with Gasteiger partial charge in [0.1, 0.15) is 0 Å². The first-order chi connectivity index (χ1) is 6.74. The molecular formula is C12H22N2. The quantitative estimate of drug-likeness (QED) is 0.682. The van der Waals surface area contributed by atoms with Gasteiger partial charge < -0.3 is 10.2 Å². The molecule has 1 fully saturated rings. The number of piperidine rings is 1. The Morgan fingerprint density at radius 3 is 3.00 bits per heavy atom. The highest BCUT2D eigenvalue weighted by Crippen LogP contribution is 2.18. The van der Waals surface area contributed by atoms with Gasteiger partial charge in [-0.15, -0.1) is 5.92 Å². The second kappa shape index (κ2) is 6.06. The zero-order valence-corrected chi connectivity index (χ0v) is 9.64. The molecule has 2 atom stereocenters. The predicted molar refractivity (Wildman–Crippen MR) is 61.1 cm³/mol. The van der Waals surface area contributed by atoms with E-state index in [1.165, 1.54) is 25.9 Å². The Morgan fingerprint density at radius 2 is 2.36 bits per heavy atom. The first-order valence-electron chi connectivity index (χ1n) is 5.55. The molecule has 1 saturated heterocycles. The van der Waals surface area contributed by atoms with Crippen molar-refractivity contribution in [1.29, 1.82) is 0 Å². The summed E-state index contributed by atoms with van der Waals surface area (Å²) in [6.07, 6.45) is 2.70. The number of nitrogens with one attached hydrogen (secondary N) is 1. The molecule has 1 N–H and O–H groups in total. The predicted octanol–water partition coefficient (Wildman–Crippen LogP) is 1.33. The molecule has 0 amide bonds. The summed E-state index contributed by atoms with van der Waals surface area (Å²) in [6.45, 7) is 7.49. The van der Waals surface area contributed by atoms with E-state index in [1.807, 2.05) is 6.92 Å². The van der Waals surface area contributed by atoms with E-state index in [-0.39, 0.29) is 0 Å². The Kier molecular flexibility index (Phi) is 5.00. The molecule has 1 aliphatic rings. The molecule has 0 aromatic heterocycles. The maximum atomic E-state index is 3.47. The highest BCUT2D eigenvalue weighted by molar-refractivity contribution is 4.98. The summed E-state index contributed by atoms with van der Waals surface area (Å²) in [6, 6.07) is 0.596. The smallest absolute Gasteiger partial charge is 0.0578 e.